The molecule has 118 valence electrons. The summed E-state index contributed by atoms with van der Waals surface area (Å²) >= 11 is 7.19. The largest absolute Gasteiger partial charge is 0.459 e. The lowest BCUT2D eigenvalue weighted by molar-refractivity contribution is 0.0795. The van der Waals surface area contributed by atoms with Crippen molar-refractivity contribution >= 4 is 28.8 Å². The van der Waals surface area contributed by atoms with Crippen molar-refractivity contribution in [1.82, 2.24) is 15.0 Å². The number of carbonyl (C=O) groups excluding carboxylic acids is 1. The van der Waals surface area contributed by atoms with E-state index in [0.29, 0.717) is 39.8 Å². The number of hydrogen-bond donors (Lipinski definition) is 0. The smallest absolute Gasteiger partial charge is 0.293 e. The molecule has 1 unspecified atom stereocenters. The summed E-state index contributed by atoms with van der Waals surface area (Å²) in [7, 11) is 0. The van der Waals surface area contributed by atoms with E-state index < -0.39 is 0 Å². The van der Waals surface area contributed by atoms with Gasteiger partial charge in [0.1, 0.15) is 0 Å². The average Bonchev–Trinajstić information content (AvgIpc) is 3.30. The molecule has 8 heteroatoms. The van der Waals surface area contributed by atoms with Gasteiger partial charge in [-0.25, -0.2) is 0 Å². The number of amides is 1. The minimum atomic E-state index is -0.000784. The zero-order chi connectivity index (χ0) is 15.8. The lowest BCUT2D eigenvalue weighted by atomic mass is 10.1. The quantitative estimate of drug-likeness (QED) is 0.721. The number of aromatic nitrogens is 2. The number of rotatable bonds is 3. The van der Waals surface area contributed by atoms with Gasteiger partial charge in [-0.1, -0.05) is 16.8 Å². The Bertz CT molecular complexity index is 827. The molecular formula is C15H12ClN3O3S. The van der Waals surface area contributed by atoms with Crippen LogP contribution in [0.15, 0.2) is 39.5 Å². The van der Waals surface area contributed by atoms with Crippen molar-refractivity contribution in [2.75, 3.05) is 13.1 Å². The molecular weight excluding hydrogens is 338 g/mol. The first-order chi connectivity index (χ1) is 11.2. The van der Waals surface area contributed by atoms with E-state index in [9.17, 15) is 4.79 Å². The molecule has 0 spiro atoms. The van der Waals surface area contributed by atoms with Crippen molar-refractivity contribution in [3.8, 4) is 11.7 Å². The number of likely N-dealkylation sites (tertiary alicyclic amines) is 1. The van der Waals surface area contributed by atoms with Gasteiger partial charge in [0.15, 0.2) is 11.6 Å². The van der Waals surface area contributed by atoms with Crippen molar-refractivity contribution < 1.29 is 13.7 Å². The molecule has 6 nitrogen and oxygen atoms in total. The highest BCUT2D eigenvalue weighted by molar-refractivity contribution is 7.17. The maximum absolute atomic E-state index is 12.4. The molecule has 1 saturated heterocycles. The zero-order valence-electron chi connectivity index (χ0n) is 11.9. The zero-order valence-corrected chi connectivity index (χ0v) is 13.5. The maximum atomic E-state index is 12.4. The van der Waals surface area contributed by atoms with Crippen LogP contribution in [0.3, 0.4) is 0 Å². The molecule has 23 heavy (non-hydrogen) atoms. The van der Waals surface area contributed by atoms with Crippen LogP contribution in [0.1, 0.15) is 27.8 Å². The third-order valence-corrected chi connectivity index (χ3v) is 5.02. The molecule has 1 fully saturated rings. The number of hydrogen-bond acceptors (Lipinski definition) is 6. The highest BCUT2D eigenvalue weighted by Crippen LogP contribution is 2.30. The van der Waals surface area contributed by atoms with Crippen molar-refractivity contribution in [2.45, 2.75) is 12.3 Å². The first kappa shape index (κ1) is 14.5. The monoisotopic (exact) mass is 349 g/mol. The molecule has 3 aromatic heterocycles. The topological polar surface area (TPSA) is 72.4 Å². The maximum Gasteiger partial charge on any atom is 0.293 e. The molecule has 1 aliphatic heterocycles. The van der Waals surface area contributed by atoms with Crippen LogP contribution in [0.2, 0.25) is 4.34 Å². The van der Waals surface area contributed by atoms with Gasteiger partial charge in [-0.2, -0.15) is 4.98 Å². The molecule has 1 aliphatic rings. The van der Waals surface area contributed by atoms with E-state index in [0.717, 1.165) is 6.42 Å². The summed E-state index contributed by atoms with van der Waals surface area (Å²) in [5, 5.41) is 4.02. The molecule has 1 amide bonds. The fourth-order valence-electron chi connectivity index (χ4n) is 2.64. The predicted octanol–water partition coefficient (Wildman–Crippen LogP) is 3.67. The lowest BCUT2D eigenvalue weighted by Crippen LogP contribution is -2.27. The minimum Gasteiger partial charge on any atom is -0.459 e. The van der Waals surface area contributed by atoms with Crippen LogP contribution >= 0.6 is 22.9 Å². The van der Waals surface area contributed by atoms with Crippen LogP contribution in [-0.4, -0.2) is 34.0 Å². The summed E-state index contributed by atoms with van der Waals surface area (Å²) in [6.07, 6.45) is 2.36. The van der Waals surface area contributed by atoms with Crippen LogP contribution in [-0.2, 0) is 0 Å². The van der Waals surface area contributed by atoms with E-state index in [1.807, 2.05) is 0 Å². The number of halogens is 1. The first-order valence-electron chi connectivity index (χ1n) is 7.13. The molecule has 0 aromatic carbocycles. The third-order valence-electron chi connectivity index (χ3n) is 3.80. The van der Waals surface area contributed by atoms with Crippen molar-refractivity contribution in [3.63, 3.8) is 0 Å². The van der Waals surface area contributed by atoms with E-state index in [1.54, 1.807) is 35.4 Å². The van der Waals surface area contributed by atoms with Crippen LogP contribution in [0.4, 0.5) is 0 Å². The van der Waals surface area contributed by atoms with Gasteiger partial charge in [-0.15, -0.1) is 11.3 Å². The summed E-state index contributed by atoms with van der Waals surface area (Å²) in [4.78, 5) is 19.3. The fraction of sp³-hybridized carbons (Fsp3) is 0.267. The molecule has 0 N–H and O–H groups in total. The second-order valence-corrected chi connectivity index (χ2v) is 6.99. The highest BCUT2D eigenvalue weighted by Gasteiger charge is 2.31. The second-order valence-electron chi connectivity index (χ2n) is 5.28. The number of furan rings is 1. The van der Waals surface area contributed by atoms with Crippen molar-refractivity contribution in [2.24, 2.45) is 0 Å². The highest BCUT2D eigenvalue weighted by atomic mass is 35.5. The van der Waals surface area contributed by atoms with Gasteiger partial charge in [-0.3, -0.25) is 4.79 Å². The molecule has 0 aliphatic carbocycles. The van der Waals surface area contributed by atoms with E-state index in [-0.39, 0.29) is 11.8 Å². The van der Waals surface area contributed by atoms with E-state index in [2.05, 4.69) is 10.1 Å². The van der Waals surface area contributed by atoms with Gasteiger partial charge in [0.05, 0.1) is 15.5 Å². The van der Waals surface area contributed by atoms with Gasteiger partial charge in [0.25, 0.3) is 11.8 Å². The Labute approximate surface area is 140 Å². The van der Waals surface area contributed by atoms with Gasteiger partial charge in [-0.05, 0) is 30.7 Å². The normalized spacial score (nSPS) is 17.8. The van der Waals surface area contributed by atoms with Gasteiger partial charge in [0.2, 0.25) is 0 Å². The summed E-state index contributed by atoms with van der Waals surface area (Å²) in [5.41, 5.74) is 0. The summed E-state index contributed by atoms with van der Waals surface area (Å²) < 4.78 is 11.1. The number of thiophene rings is 1. The summed E-state index contributed by atoms with van der Waals surface area (Å²) in [6.45, 7) is 1.25. The minimum absolute atomic E-state index is 0.000784. The van der Waals surface area contributed by atoms with Crippen molar-refractivity contribution in [1.29, 1.82) is 0 Å². The molecule has 0 bridgehead atoms. The van der Waals surface area contributed by atoms with E-state index >= 15 is 0 Å². The third kappa shape index (κ3) is 2.77. The average molecular weight is 350 g/mol. The standard InChI is InChI=1S/C15H12ClN3O3S/c16-12-4-3-11(23-12)15(20)19-6-5-9(8-19)13-17-14(22-18-13)10-2-1-7-21-10/h1-4,7,9H,5-6,8H2. The lowest BCUT2D eigenvalue weighted by Gasteiger charge is -2.14. The summed E-state index contributed by atoms with van der Waals surface area (Å²) in [5.74, 6) is 1.58. The predicted molar refractivity (Wildman–Crippen MR) is 84.6 cm³/mol. The van der Waals surface area contributed by atoms with Crippen LogP contribution in [0, 0.1) is 0 Å². The van der Waals surface area contributed by atoms with Crippen LogP contribution in [0.5, 0.6) is 0 Å². The van der Waals surface area contributed by atoms with Crippen LogP contribution in [0.25, 0.3) is 11.7 Å². The molecule has 3 aromatic rings. The Balaban J connectivity index is 1.47. The fourth-order valence-corrected chi connectivity index (χ4v) is 3.65. The van der Waals surface area contributed by atoms with Gasteiger partial charge >= 0.3 is 0 Å². The Morgan fingerprint density at radius 3 is 3.04 bits per heavy atom. The first-order valence-corrected chi connectivity index (χ1v) is 8.32. The SMILES string of the molecule is O=C(c1ccc(Cl)s1)N1CCC(c2noc(-c3ccco3)n2)C1. The Morgan fingerprint density at radius 2 is 2.30 bits per heavy atom. The van der Waals surface area contributed by atoms with Crippen molar-refractivity contribution in [3.05, 3.63) is 45.6 Å². The number of nitrogens with zero attached hydrogens (tertiary/aromatic N) is 3. The van der Waals surface area contributed by atoms with Gasteiger partial charge < -0.3 is 13.8 Å². The molecule has 4 heterocycles. The van der Waals surface area contributed by atoms with E-state index in [1.165, 1.54) is 11.3 Å². The Morgan fingerprint density at radius 1 is 1.39 bits per heavy atom. The Hall–Kier alpha value is -2.12. The van der Waals surface area contributed by atoms with E-state index in [4.69, 9.17) is 20.5 Å². The van der Waals surface area contributed by atoms with Crippen LogP contribution < -0.4 is 0 Å². The molecule has 1 atom stereocenters. The molecule has 0 saturated carbocycles. The number of carbonyl (C=O) groups is 1. The Kier molecular flexibility index (Phi) is 3.66. The summed E-state index contributed by atoms with van der Waals surface area (Å²) in [6, 6.07) is 7.03. The molecule has 0 radical (unpaired) electrons. The van der Waals surface area contributed by atoms with Gasteiger partial charge in [0, 0.05) is 19.0 Å². The molecule has 4 rings (SSSR count). The second kappa shape index (κ2) is 5.82.